The van der Waals surface area contributed by atoms with Gasteiger partial charge in [0.1, 0.15) is 23.7 Å². The summed E-state index contributed by atoms with van der Waals surface area (Å²) in [5, 5.41) is 4.90. The molecule has 1 saturated heterocycles. The maximum absolute atomic E-state index is 14.4. The number of benzene rings is 1. The van der Waals surface area contributed by atoms with Gasteiger partial charge in [-0.15, -0.1) is 6.58 Å². The number of rotatable bonds is 7. The highest BCUT2D eigenvalue weighted by Gasteiger charge is 2.62. The van der Waals surface area contributed by atoms with E-state index in [0.717, 1.165) is 29.5 Å². The van der Waals surface area contributed by atoms with E-state index >= 15 is 0 Å². The minimum atomic E-state index is -3.90. The van der Waals surface area contributed by atoms with Gasteiger partial charge in [-0.25, -0.2) is 18.0 Å². The molecule has 0 unspecified atom stereocenters. The molecule has 3 heterocycles. The molecule has 4 bridgehead atoms. The number of cyclic esters (lactones) is 1. The molecule has 1 aromatic carbocycles. The molecule has 0 radical (unpaired) electrons. The van der Waals surface area contributed by atoms with Crippen LogP contribution in [0.3, 0.4) is 0 Å². The Hall–Kier alpha value is -4.40. The Bertz CT molecular complexity index is 1750. The smallest absolute Gasteiger partial charge is 0.410 e. The Balaban J connectivity index is 1.16. The number of hydrogen-bond acceptors (Lipinski definition) is 9. The molecule has 3 aliphatic carbocycles. The van der Waals surface area contributed by atoms with Crippen LogP contribution in [0.1, 0.15) is 80.9 Å². The molecule has 3 aliphatic heterocycles. The third-order valence-corrected chi connectivity index (χ3v) is 12.9. The molecular weight excluding hydrogens is 678 g/mol. The zero-order chi connectivity index (χ0) is 35.9. The predicted molar refractivity (Wildman–Crippen MR) is 184 cm³/mol. The van der Waals surface area contributed by atoms with Crippen LogP contribution in [-0.2, 0) is 47.0 Å². The summed E-state index contributed by atoms with van der Waals surface area (Å²) in [6.07, 6.45) is 8.68. The lowest BCUT2D eigenvalue weighted by Crippen LogP contribution is -2.59. The van der Waals surface area contributed by atoms with Crippen LogP contribution < -0.4 is 15.4 Å². The van der Waals surface area contributed by atoms with Crippen LogP contribution in [0.4, 0.5) is 9.59 Å². The SMILES string of the molecule is C=C[C@@H]1C[C@]1(NC(=O)[C@@H]1C[C@@H]2CN1C(=O)[C@H](C1CCCC1)NC(=O)OCCC/C=C/c1cccc3c1CN(C3)C(=O)O2)C(=O)NS(=O)(=O)C1CC1. The molecule has 5 amide bonds. The van der Waals surface area contributed by atoms with Crippen LogP contribution in [0.15, 0.2) is 36.9 Å². The van der Waals surface area contributed by atoms with Gasteiger partial charge in [0.25, 0.3) is 5.91 Å². The monoisotopic (exact) mass is 723 g/mol. The van der Waals surface area contributed by atoms with Crippen molar-refractivity contribution >= 4 is 46.0 Å². The number of allylic oxidation sites excluding steroid dienone is 1. The Labute approximate surface area is 297 Å². The lowest BCUT2D eigenvalue weighted by molar-refractivity contribution is -0.142. The van der Waals surface area contributed by atoms with Crippen LogP contribution in [-0.4, -0.2) is 90.3 Å². The second-order valence-electron chi connectivity index (χ2n) is 14.6. The number of fused-ring (bicyclic) bond motifs is 3. The number of hydrogen-bond donors (Lipinski definition) is 3. The summed E-state index contributed by atoms with van der Waals surface area (Å²) in [4.78, 5) is 71.6. The van der Waals surface area contributed by atoms with Crippen molar-refractivity contribution in [3.05, 3.63) is 53.6 Å². The van der Waals surface area contributed by atoms with Gasteiger partial charge in [0.15, 0.2) is 0 Å². The Morgan fingerprint density at radius 2 is 1.84 bits per heavy atom. The van der Waals surface area contributed by atoms with E-state index in [2.05, 4.69) is 21.9 Å². The number of ether oxygens (including phenoxy) is 2. The summed E-state index contributed by atoms with van der Waals surface area (Å²) in [6.45, 7) is 4.48. The topological polar surface area (TPSA) is 181 Å². The fourth-order valence-corrected chi connectivity index (χ4v) is 9.30. The molecule has 274 valence electrons. The molecule has 0 spiro atoms. The fraction of sp³-hybridized carbons (Fsp3) is 0.583. The normalized spacial score (nSPS) is 30.6. The molecule has 51 heavy (non-hydrogen) atoms. The summed E-state index contributed by atoms with van der Waals surface area (Å²) >= 11 is 0. The first-order valence-corrected chi connectivity index (χ1v) is 19.5. The number of nitrogens with one attached hydrogen (secondary N) is 3. The van der Waals surface area contributed by atoms with E-state index < -0.39 is 74.8 Å². The summed E-state index contributed by atoms with van der Waals surface area (Å²) < 4.78 is 38.9. The summed E-state index contributed by atoms with van der Waals surface area (Å²) in [7, 11) is -3.90. The van der Waals surface area contributed by atoms with E-state index in [1.165, 1.54) is 11.0 Å². The van der Waals surface area contributed by atoms with E-state index in [1.807, 2.05) is 30.4 Å². The predicted octanol–water partition coefficient (Wildman–Crippen LogP) is 2.87. The minimum Gasteiger partial charge on any atom is -0.450 e. The van der Waals surface area contributed by atoms with Crippen molar-refractivity contribution in [2.45, 2.75) is 106 Å². The van der Waals surface area contributed by atoms with Crippen molar-refractivity contribution in [2.75, 3.05) is 13.2 Å². The van der Waals surface area contributed by atoms with Gasteiger partial charge in [0.05, 0.1) is 24.9 Å². The van der Waals surface area contributed by atoms with Crippen molar-refractivity contribution in [3.63, 3.8) is 0 Å². The van der Waals surface area contributed by atoms with Crippen LogP contribution in [0, 0.1) is 11.8 Å². The molecule has 7 rings (SSSR count). The van der Waals surface area contributed by atoms with Crippen molar-refractivity contribution in [1.82, 2.24) is 25.2 Å². The highest BCUT2D eigenvalue weighted by Crippen LogP contribution is 2.45. The number of alkyl carbamates (subject to hydrolysis) is 1. The Kier molecular flexibility index (Phi) is 9.59. The van der Waals surface area contributed by atoms with Crippen LogP contribution in [0.5, 0.6) is 0 Å². The highest BCUT2D eigenvalue weighted by atomic mass is 32.2. The summed E-state index contributed by atoms with van der Waals surface area (Å²) in [6, 6.07) is 3.72. The number of sulfonamides is 1. The highest BCUT2D eigenvalue weighted by molar-refractivity contribution is 7.91. The first kappa shape index (κ1) is 35.0. The molecule has 3 saturated carbocycles. The van der Waals surface area contributed by atoms with Gasteiger partial charge in [-0.2, -0.15) is 0 Å². The fourth-order valence-electron chi connectivity index (χ4n) is 7.94. The van der Waals surface area contributed by atoms with Crippen molar-refractivity contribution < 1.29 is 41.9 Å². The maximum Gasteiger partial charge on any atom is 0.410 e. The van der Waals surface area contributed by atoms with Crippen LogP contribution >= 0.6 is 0 Å². The van der Waals surface area contributed by atoms with Crippen molar-refractivity contribution in [3.8, 4) is 0 Å². The van der Waals surface area contributed by atoms with E-state index in [9.17, 15) is 32.4 Å². The van der Waals surface area contributed by atoms with Crippen molar-refractivity contribution in [1.29, 1.82) is 0 Å². The standard InChI is InChI=1S/C36H45N5O9S/c1-2-25-18-36(25,33(44)39-51(47,48)27-14-15-27)38-31(42)29-17-26-20-41(29)32(43)30(23-10-5-6-11-23)37-34(45)49-16-7-3-4-9-22-12-8-13-24-19-40(21-28(22)24)35(46)50-26/h2,4,8-9,12-13,23,25-27,29-30H,1,3,5-7,10-11,14-21H2,(H,37,45)(H,38,42)(H,39,44)/b9-4+/t25-,26-,29+,30+,36-/m1/s1. The Morgan fingerprint density at radius 1 is 1.06 bits per heavy atom. The number of carbonyl (C=O) groups is 5. The minimum absolute atomic E-state index is 0.0588. The van der Waals surface area contributed by atoms with Gasteiger partial charge in [0, 0.05) is 18.9 Å². The lowest BCUT2D eigenvalue weighted by atomic mass is 9.96. The molecular formula is C36H45N5O9S. The van der Waals surface area contributed by atoms with Gasteiger partial charge in [0.2, 0.25) is 21.8 Å². The molecule has 3 N–H and O–H groups in total. The molecule has 4 fully saturated rings. The quantitative estimate of drug-likeness (QED) is 0.357. The van der Waals surface area contributed by atoms with Crippen molar-refractivity contribution in [2.24, 2.45) is 11.8 Å². The van der Waals surface area contributed by atoms with Gasteiger partial charge < -0.3 is 25.0 Å². The average Bonchev–Trinajstić information content (AvgIpc) is 3.88. The zero-order valence-corrected chi connectivity index (χ0v) is 29.3. The lowest BCUT2D eigenvalue weighted by Gasteiger charge is -2.32. The number of carbonyl (C=O) groups excluding carboxylic acids is 5. The van der Waals surface area contributed by atoms with E-state index in [1.54, 1.807) is 4.90 Å². The van der Waals surface area contributed by atoms with Crippen LogP contribution in [0.2, 0.25) is 0 Å². The molecule has 1 aromatic rings. The molecule has 15 heteroatoms. The number of amides is 5. The molecule has 0 aromatic heterocycles. The van der Waals surface area contributed by atoms with Crippen LogP contribution in [0.25, 0.3) is 6.08 Å². The maximum atomic E-state index is 14.4. The van der Waals surface area contributed by atoms with Gasteiger partial charge in [-0.1, -0.05) is 49.3 Å². The van der Waals surface area contributed by atoms with Gasteiger partial charge >= 0.3 is 12.2 Å². The first-order chi connectivity index (χ1) is 24.5. The summed E-state index contributed by atoms with van der Waals surface area (Å²) in [5.74, 6) is -2.77. The molecule has 6 aliphatic rings. The summed E-state index contributed by atoms with van der Waals surface area (Å²) in [5.41, 5.74) is 1.42. The third kappa shape index (κ3) is 7.22. The average molecular weight is 724 g/mol. The first-order valence-electron chi connectivity index (χ1n) is 18.0. The van der Waals surface area contributed by atoms with Gasteiger partial charge in [-0.3, -0.25) is 24.0 Å². The van der Waals surface area contributed by atoms with E-state index in [0.29, 0.717) is 51.6 Å². The second-order valence-corrected chi connectivity index (χ2v) is 16.6. The van der Waals surface area contributed by atoms with E-state index in [4.69, 9.17) is 9.47 Å². The third-order valence-electron chi connectivity index (χ3n) is 11.1. The largest absolute Gasteiger partial charge is 0.450 e. The molecule has 14 nitrogen and oxygen atoms in total. The zero-order valence-electron chi connectivity index (χ0n) is 28.5. The number of nitrogens with zero attached hydrogens (tertiary/aromatic N) is 2. The Morgan fingerprint density at radius 3 is 2.57 bits per heavy atom. The van der Waals surface area contributed by atoms with E-state index in [-0.39, 0.29) is 31.9 Å². The molecule has 5 atom stereocenters. The van der Waals surface area contributed by atoms with Gasteiger partial charge in [-0.05, 0) is 67.6 Å². The second kappa shape index (κ2) is 14.0.